The molecule has 0 aliphatic rings. The molecule has 0 aromatic heterocycles. The Labute approximate surface area is 78.8 Å². The zero-order valence-corrected chi connectivity index (χ0v) is 9.10. The Morgan fingerprint density at radius 2 is 1.67 bits per heavy atom. The van der Waals surface area contributed by atoms with E-state index in [1.807, 2.05) is 0 Å². The summed E-state index contributed by atoms with van der Waals surface area (Å²) in [6, 6.07) is 0. The molecule has 0 saturated heterocycles. The minimum absolute atomic E-state index is 0.870. The monoisotopic (exact) mass is 169 g/mol. The zero-order chi connectivity index (χ0) is 9.40. The number of rotatable bonds is 7. The van der Waals surface area contributed by atoms with Crippen LogP contribution in [-0.2, 0) is 0 Å². The first-order valence-corrected chi connectivity index (χ1v) is 5.49. The van der Waals surface area contributed by atoms with Crippen LogP contribution >= 0.6 is 0 Å². The van der Waals surface area contributed by atoms with Crippen LogP contribution < -0.4 is 0 Å². The lowest BCUT2D eigenvalue weighted by Crippen LogP contribution is -2.01. The molecule has 0 rings (SSSR count). The van der Waals surface area contributed by atoms with Crippen LogP contribution in [0.25, 0.3) is 0 Å². The molecule has 73 valence electrons. The van der Waals surface area contributed by atoms with Gasteiger partial charge in [-0.15, -0.1) is 0 Å². The Morgan fingerprint density at radius 3 is 2.08 bits per heavy atom. The summed E-state index contributed by atoms with van der Waals surface area (Å²) in [5.41, 5.74) is 0. The van der Waals surface area contributed by atoms with E-state index in [4.69, 9.17) is 0 Å². The molecule has 0 heterocycles. The summed E-state index contributed by atoms with van der Waals surface area (Å²) in [5.74, 6) is 1.82. The summed E-state index contributed by atoms with van der Waals surface area (Å²) in [7, 11) is 0. The predicted octanol–water partition coefficient (Wildman–Crippen LogP) is 4.45. The molecule has 0 saturated carbocycles. The van der Waals surface area contributed by atoms with E-state index in [-0.39, 0.29) is 0 Å². The molecule has 1 atom stereocenters. The topological polar surface area (TPSA) is 0 Å². The van der Waals surface area contributed by atoms with E-state index >= 15 is 0 Å². The minimum atomic E-state index is 0.870. The van der Waals surface area contributed by atoms with Crippen molar-refractivity contribution in [3.8, 4) is 0 Å². The van der Waals surface area contributed by atoms with Gasteiger partial charge in [-0.3, -0.25) is 0 Å². The lowest BCUT2D eigenvalue weighted by molar-refractivity contribution is 0.377. The van der Waals surface area contributed by atoms with Gasteiger partial charge in [0.25, 0.3) is 0 Å². The highest BCUT2D eigenvalue weighted by atomic mass is 14.1. The first-order valence-electron chi connectivity index (χ1n) is 5.49. The Kier molecular flexibility index (Phi) is 7.64. The Bertz CT molecular complexity index is 78.0. The maximum Gasteiger partial charge on any atom is -0.0414 e. The van der Waals surface area contributed by atoms with Crippen LogP contribution in [0.5, 0.6) is 0 Å². The van der Waals surface area contributed by atoms with Gasteiger partial charge in [0.1, 0.15) is 0 Å². The third-order valence-electron chi connectivity index (χ3n) is 2.46. The van der Waals surface area contributed by atoms with Crippen molar-refractivity contribution in [1.29, 1.82) is 0 Å². The highest BCUT2D eigenvalue weighted by Crippen LogP contribution is 2.21. The predicted molar refractivity (Wildman–Crippen MR) is 57.1 cm³/mol. The molecule has 1 radical (unpaired) electrons. The van der Waals surface area contributed by atoms with Gasteiger partial charge in [0.15, 0.2) is 0 Å². The summed E-state index contributed by atoms with van der Waals surface area (Å²) < 4.78 is 0. The molecule has 0 spiro atoms. The first kappa shape index (κ1) is 12.0. The van der Waals surface area contributed by atoms with E-state index in [2.05, 4.69) is 27.7 Å². The van der Waals surface area contributed by atoms with Crippen molar-refractivity contribution in [1.82, 2.24) is 0 Å². The van der Waals surface area contributed by atoms with Crippen LogP contribution in [0, 0.1) is 18.8 Å². The van der Waals surface area contributed by atoms with Crippen molar-refractivity contribution in [2.75, 3.05) is 0 Å². The maximum absolute atomic E-state index is 3.93. The fourth-order valence-electron chi connectivity index (χ4n) is 1.70. The molecular formula is C12H25. The molecule has 0 fully saturated rings. The average Bonchev–Trinajstić information content (AvgIpc) is 2.01. The van der Waals surface area contributed by atoms with Crippen molar-refractivity contribution >= 4 is 0 Å². The van der Waals surface area contributed by atoms with Gasteiger partial charge in [-0.2, -0.15) is 0 Å². The van der Waals surface area contributed by atoms with E-state index in [0.717, 1.165) is 18.3 Å². The summed E-state index contributed by atoms with van der Waals surface area (Å²) in [6.45, 7) is 10.8. The average molecular weight is 169 g/mol. The molecule has 0 aromatic rings. The second-order valence-electron chi connectivity index (χ2n) is 4.27. The summed E-state index contributed by atoms with van der Waals surface area (Å²) in [5, 5.41) is 0. The maximum atomic E-state index is 3.93. The number of hydrogen-bond donors (Lipinski definition) is 0. The van der Waals surface area contributed by atoms with Gasteiger partial charge in [-0.05, 0) is 11.8 Å². The second-order valence-corrected chi connectivity index (χ2v) is 4.27. The normalized spacial score (nSPS) is 11.5. The summed E-state index contributed by atoms with van der Waals surface area (Å²) >= 11 is 0. The van der Waals surface area contributed by atoms with Gasteiger partial charge in [0, 0.05) is 0 Å². The molecular weight excluding hydrogens is 144 g/mol. The van der Waals surface area contributed by atoms with Gasteiger partial charge in [0.2, 0.25) is 0 Å². The van der Waals surface area contributed by atoms with Crippen molar-refractivity contribution in [3.05, 3.63) is 6.92 Å². The van der Waals surface area contributed by atoms with E-state index in [1.165, 1.54) is 32.1 Å². The molecule has 0 aliphatic heterocycles. The van der Waals surface area contributed by atoms with E-state index in [1.54, 1.807) is 0 Å². The lowest BCUT2D eigenvalue weighted by atomic mass is 9.91. The molecule has 0 aromatic carbocycles. The van der Waals surface area contributed by atoms with Crippen LogP contribution in [-0.4, -0.2) is 0 Å². The molecule has 0 nitrogen and oxygen atoms in total. The molecule has 0 N–H and O–H groups in total. The third-order valence-corrected chi connectivity index (χ3v) is 2.46. The van der Waals surface area contributed by atoms with E-state index < -0.39 is 0 Å². The lowest BCUT2D eigenvalue weighted by Gasteiger charge is -2.15. The van der Waals surface area contributed by atoms with Crippen molar-refractivity contribution in [3.63, 3.8) is 0 Å². The van der Waals surface area contributed by atoms with E-state index in [9.17, 15) is 0 Å². The van der Waals surface area contributed by atoms with Crippen LogP contribution in [0.1, 0.15) is 59.3 Å². The van der Waals surface area contributed by atoms with Crippen molar-refractivity contribution in [2.45, 2.75) is 59.3 Å². The van der Waals surface area contributed by atoms with Crippen molar-refractivity contribution < 1.29 is 0 Å². The van der Waals surface area contributed by atoms with Gasteiger partial charge in [-0.25, -0.2) is 0 Å². The summed E-state index contributed by atoms with van der Waals surface area (Å²) in [4.78, 5) is 0. The Hall–Kier alpha value is 0. The molecule has 1 unspecified atom stereocenters. The Balaban J connectivity index is 3.48. The van der Waals surface area contributed by atoms with Crippen LogP contribution in [0.2, 0.25) is 0 Å². The highest BCUT2D eigenvalue weighted by Gasteiger charge is 2.06. The SMILES string of the molecule is [CH2]CCC(CCC)CCC(C)C. The van der Waals surface area contributed by atoms with Gasteiger partial charge in [-0.1, -0.05) is 66.2 Å². The van der Waals surface area contributed by atoms with E-state index in [0.29, 0.717) is 0 Å². The minimum Gasteiger partial charge on any atom is -0.0654 e. The van der Waals surface area contributed by atoms with Crippen LogP contribution in [0.4, 0.5) is 0 Å². The standard InChI is InChI=1S/C12H25/c1-5-7-12(8-6-2)10-9-11(3)4/h11-12H,1,5-10H2,2-4H3. The Morgan fingerprint density at radius 1 is 1.00 bits per heavy atom. The smallest absolute Gasteiger partial charge is 0.0414 e. The molecule has 0 heteroatoms. The highest BCUT2D eigenvalue weighted by molar-refractivity contribution is 4.61. The fourth-order valence-corrected chi connectivity index (χ4v) is 1.70. The molecule has 12 heavy (non-hydrogen) atoms. The third kappa shape index (κ3) is 6.69. The summed E-state index contributed by atoms with van der Waals surface area (Å²) in [6.07, 6.45) is 8.00. The second kappa shape index (κ2) is 7.64. The van der Waals surface area contributed by atoms with Crippen LogP contribution in [0.3, 0.4) is 0 Å². The zero-order valence-electron chi connectivity index (χ0n) is 9.10. The molecule has 0 amide bonds. The largest absolute Gasteiger partial charge is 0.0654 e. The van der Waals surface area contributed by atoms with Crippen LogP contribution in [0.15, 0.2) is 0 Å². The van der Waals surface area contributed by atoms with Gasteiger partial charge >= 0.3 is 0 Å². The quantitative estimate of drug-likeness (QED) is 0.528. The fraction of sp³-hybridized carbons (Fsp3) is 0.917. The van der Waals surface area contributed by atoms with Gasteiger partial charge < -0.3 is 0 Å². The van der Waals surface area contributed by atoms with Crippen molar-refractivity contribution in [2.24, 2.45) is 11.8 Å². The molecule has 0 bridgehead atoms. The number of hydrogen-bond acceptors (Lipinski definition) is 0. The molecule has 0 aliphatic carbocycles. The first-order chi connectivity index (χ1) is 5.70. The van der Waals surface area contributed by atoms with Gasteiger partial charge in [0.05, 0.1) is 0 Å².